The third-order valence-corrected chi connectivity index (χ3v) is 2.38. The summed E-state index contributed by atoms with van der Waals surface area (Å²) in [5.74, 6) is 1.23. The number of anilines is 1. The highest BCUT2D eigenvalue weighted by molar-refractivity contribution is 5.52. The Kier molecular flexibility index (Phi) is 1.79. The van der Waals surface area contributed by atoms with Crippen molar-refractivity contribution in [1.29, 1.82) is 0 Å². The molecule has 1 aliphatic rings. The molecule has 1 aromatic rings. The number of hydrogen-bond acceptors (Lipinski definition) is 2. The van der Waals surface area contributed by atoms with E-state index >= 15 is 0 Å². The van der Waals surface area contributed by atoms with Crippen LogP contribution in [0.4, 0.5) is 5.82 Å². The summed E-state index contributed by atoms with van der Waals surface area (Å²) in [6, 6.07) is 0. The fourth-order valence-corrected chi connectivity index (χ4v) is 1.85. The summed E-state index contributed by atoms with van der Waals surface area (Å²) in [7, 11) is 2.01. The molecule has 0 saturated carbocycles. The Bertz CT molecular complexity index is 288. The van der Waals surface area contributed by atoms with E-state index in [4.69, 9.17) is 0 Å². The highest BCUT2D eigenvalue weighted by Crippen LogP contribution is 2.25. The van der Waals surface area contributed by atoms with Crippen LogP contribution in [0.15, 0.2) is 0 Å². The van der Waals surface area contributed by atoms with E-state index in [0.717, 1.165) is 19.4 Å². The molecule has 3 nitrogen and oxygen atoms in total. The van der Waals surface area contributed by atoms with E-state index in [-0.39, 0.29) is 0 Å². The van der Waals surface area contributed by atoms with E-state index in [1.54, 1.807) is 0 Å². The first-order valence-electron chi connectivity index (χ1n) is 4.61. The molecule has 66 valence electrons. The van der Waals surface area contributed by atoms with Gasteiger partial charge in [0.25, 0.3) is 0 Å². The van der Waals surface area contributed by atoms with E-state index in [9.17, 15) is 0 Å². The normalized spacial score (nSPS) is 14.5. The maximum atomic E-state index is 4.48. The van der Waals surface area contributed by atoms with Gasteiger partial charge in [-0.2, -0.15) is 5.10 Å². The Balaban J connectivity index is 2.37. The second kappa shape index (κ2) is 2.81. The van der Waals surface area contributed by atoms with Crippen LogP contribution in [0.3, 0.4) is 0 Å². The lowest BCUT2D eigenvalue weighted by Crippen LogP contribution is -2.02. The molecule has 2 heterocycles. The maximum Gasteiger partial charge on any atom is 0.127 e. The molecule has 1 N–H and O–H groups in total. The zero-order valence-electron chi connectivity index (χ0n) is 7.72. The molecule has 3 heteroatoms. The summed E-state index contributed by atoms with van der Waals surface area (Å²) in [6.07, 6.45) is 3.45. The van der Waals surface area contributed by atoms with E-state index in [1.807, 2.05) is 11.7 Å². The summed E-state index contributed by atoms with van der Waals surface area (Å²) in [4.78, 5) is 0. The van der Waals surface area contributed by atoms with Gasteiger partial charge in [-0.05, 0) is 12.8 Å². The van der Waals surface area contributed by atoms with Crippen LogP contribution >= 0.6 is 0 Å². The predicted molar refractivity (Wildman–Crippen MR) is 49.4 cm³/mol. The van der Waals surface area contributed by atoms with Crippen molar-refractivity contribution >= 4 is 5.82 Å². The topological polar surface area (TPSA) is 29.9 Å². The minimum absolute atomic E-state index is 1.08. The Morgan fingerprint density at radius 1 is 1.58 bits per heavy atom. The summed E-state index contributed by atoms with van der Waals surface area (Å²) in [6.45, 7) is 3.28. The number of aromatic nitrogens is 2. The lowest BCUT2D eigenvalue weighted by atomic mass is 10.1. The average molecular weight is 165 g/mol. The standard InChI is InChI=1S/C9H15N3/c1-3-4-8-7-5-6-10-9(7)12(2)11-8/h10H,3-6H2,1-2H3. The third-order valence-electron chi connectivity index (χ3n) is 2.38. The second-order valence-electron chi connectivity index (χ2n) is 3.32. The van der Waals surface area contributed by atoms with Gasteiger partial charge >= 0.3 is 0 Å². The van der Waals surface area contributed by atoms with Gasteiger partial charge < -0.3 is 5.32 Å². The highest BCUT2D eigenvalue weighted by Gasteiger charge is 2.19. The van der Waals surface area contributed by atoms with Crippen molar-refractivity contribution in [3.8, 4) is 0 Å². The van der Waals surface area contributed by atoms with Crippen LogP contribution in [0, 0.1) is 0 Å². The number of fused-ring (bicyclic) bond motifs is 1. The molecule has 1 aliphatic heterocycles. The van der Waals surface area contributed by atoms with Gasteiger partial charge in [0.15, 0.2) is 0 Å². The van der Waals surface area contributed by atoms with Crippen molar-refractivity contribution in [3.63, 3.8) is 0 Å². The summed E-state index contributed by atoms with van der Waals surface area (Å²) in [5.41, 5.74) is 2.74. The van der Waals surface area contributed by atoms with Gasteiger partial charge in [-0.25, -0.2) is 0 Å². The van der Waals surface area contributed by atoms with Gasteiger partial charge in [-0.3, -0.25) is 4.68 Å². The lowest BCUT2D eigenvalue weighted by Gasteiger charge is -1.96. The molecule has 12 heavy (non-hydrogen) atoms. The average Bonchev–Trinajstić information content (AvgIpc) is 2.58. The highest BCUT2D eigenvalue weighted by atomic mass is 15.3. The zero-order valence-corrected chi connectivity index (χ0v) is 7.72. The van der Waals surface area contributed by atoms with Crippen LogP contribution in [0.1, 0.15) is 24.6 Å². The molecule has 1 aromatic heterocycles. The van der Waals surface area contributed by atoms with Gasteiger partial charge in [0.1, 0.15) is 5.82 Å². The minimum atomic E-state index is 1.08. The fraction of sp³-hybridized carbons (Fsp3) is 0.667. The van der Waals surface area contributed by atoms with Crippen LogP contribution in [-0.2, 0) is 19.9 Å². The van der Waals surface area contributed by atoms with Crippen LogP contribution in [-0.4, -0.2) is 16.3 Å². The smallest absolute Gasteiger partial charge is 0.127 e. The van der Waals surface area contributed by atoms with Gasteiger partial charge in [0.2, 0.25) is 0 Å². The van der Waals surface area contributed by atoms with Crippen LogP contribution in [0.25, 0.3) is 0 Å². The summed E-state index contributed by atoms with van der Waals surface area (Å²) >= 11 is 0. The van der Waals surface area contributed by atoms with E-state index in [1.165, 1.54) is 23.5 Å². The lowest BCUT2D eigenvalue weighted by molar-refractivity contribution is 0.732. The molecule has 0 unspecified atom stereocenters. The number of hydrogen-bond donors (Lipinski definition) is 1. The van der Waals surface area contributed by atoms with Gasteiger partial charge in [-0.1, -0.05) is 13.3 Å². The van der Waals surface area contributed by atoms with Crippen molar-refractivity contribution in [2.45, 2.75) is 26.2 Å². The van der Waals surface area contributed by atoms with Gasteiger partial charge in [0, 0.05) is 19.2 Å². The zero-order chi connectivity index (χ0) is 8.55. The number of aryl methyl sites for hydroxylation is 2. The molecule has 2 rings (SSSR count). The first-order valence-corrected chi connectivity index (χ1v) is 4.61. The van der Waals surface area contributed by atoms with Crippen molar-refractivity contribution in [2.75, 3.05) is 11.9 Å². The Morgan fingerprint density at radius 2 is 2.42 bits per heavy atom. The second-order valence-corrected chi connectivity index (χ2v) is 3.32. The molecular formula is C9H15N3. The molecule has 0 aliphatic carbocycles. The van der Waals surface area contributed by atoms with Crippen molar-refractivity contribution in [3.05, 3.63) is 11.3 Å². The maximum absolute atomic E-state index is 4.48. The van der Waals surface area contributed by atoms with E-state index in [2.05, 4.69) is 17.3 Å². The molecule has 0 atom stereocenters. The number of rotatable bonds is 2. The Morgan fingerprint density at radius 3 is 3.17 bits per heavy atom. The van der Waals surface area contributed by atoms with Crippen molar-refractivity contribution in [2.24, 2.45) is 7.05 Å². The minimum Gasteiger partial charge on any atom is -0.370 e. The number of nitrogens with one attached hydrogen (secondary N) is 1. The fourth-order valence-electron chi connectivity index (χ4n) is 1.85. The molecule has 0 fully saturated rings. The molecule has 0 aromatic carbocycles. The molecule has 0 amide bonds. The monoisotopic (exact) mass is 165 g/mol. The van der Waals surface area contributed by atoms with Gasteiger partial charge in [-0.15, -0.1) is 0 Å². The molecular weight excluding hydrogens is 150 g/mol. The van der Waals surface area contributed by atoms with Crippen LogP contribution < -0.4 is 5.32 Å². The van der Waals surface area contributed by atoms with Gasteiger partial charge in [0.05, 0.1) is 5.69 Å². The largest absolute Gasteiger partial charge is 0.370 e. The first-order chi connectivity index (χ1) is 5.83. The van der Waals surface area contributed by atoms with E-state index < -0.39 is 0 Å². The first kappa shape index (κ1) is 7.65. The van der Waals surface area contributed by atoms with Crippen LogP contribution in [0.2, 0.25) is 0 Å². The Hall–Kier alpha value is -0.990. The third kappa shape index (κ3) is 1.00. The molecule has 0 spiro atoms. The predicted octanol–water partition coefficient (Wildman–Crippen LogP) is 1.34. The van der Waals surface area contributed by atoms with Crippen molar-refractivity contribution < 1.29 is 0 Å². The summed E-state index contributed by atoms with van der Waals surface area (Å²) < 4.78 is 1.97. The number of nitrogens with zero attached hydrogens (tertiary/aromatic N) is 2. The van der Waals surface area contributed by atoms with Crippen molar-refractivity contribution in [1.82, 2.24) is 9.78 Å². The molecule has 0 radical (unpaired) electrons. The SMILES string of the molecule is CCCc1nn(C)c2c1CCN2. The van der Waals surface area contributed by atoms with Crippen LogP contribution in [0.5, 0.6) is 0 Å². The van der Waals surface area contributed by atoms with E-state index in [0.29, 0.717) is 0 Å². The Labute approximate surface area is 72.8 Å². The molecule has 0 saturated heterocycles. The summed E-state index contributed by atoms with van der Waals surface area (Å²) in [5, 5.41) is 7.82. The molecule has 0 bridgehead atoms. The quantitative estimate of drug-likeness (QED) is 0.716.